The van der Waals surface area contributed by atoms with Gasteiger partial charge in [0.1, 0.15) is 0 Å². The second-order valence-corrected chi connectivity index (χ2v) is 3.84. The topological polar surface area (TPSA) is 38.0 Å². The van der Waals surface area contributed by atoms with Crippen LogP contribution in [0.4, 0.5) is 0 Å². The summed E-state index contributed by atoms with van der Waals surface area (Å²) in [6, 6.07) is 8.59. The minimum absolute atomic E-state index is 0.216. The van der Waals surface area contributed by atoms with Crippen molar-refractivity contribution in [1.82, 2.24) is 5.43 Å². The van der Waals surface area contributed by atoms with Crippen molar-refractivity contribution in [2.45, 2.75) is 25.8 Å². The highest BCUT2D eigenvalue weighted by Gasteiger charge is 2.08. The summed E-state index contributed by atoms with van der Waals surface area (Å²) in [6.45, 7) is 2.08. The Labute approximate surface area is 90.4 Å². The van der Waals surface area contributed by atoms with Crippen LogP contribution in [-0.4, -0.2) is 5.88 Å². The largest absolute Gasteiger partial charge is 0.271 e. The van der Waals surface area contributed by atoms with Gasteiger partial charge in [0.15, 0.2) is 0 Å². The zero-order valence-electron chi connectivity index (χ0n) is 8.46. The maximum absolute atomic E-state index is 5.65. The molecule has 0 aliphatic heterocycles. The van der Waals surface area contributed by atoms with Gasteiger partial charge in [-0.3, -0.25) is 11.3 Å². The summed E-state index contributed by atoms with van der Waals surface area (Å²) in [5, 5.41) is 0. The number of hydrogen-bond acceptors (Lipinski definition) is 2. The normalized spacial score (nSPS) is 12.8. The number of nitrogens with two attached hydrogens (primary N) is 1. The van der Waals surface area contributed by atoms with Gasteiger partial charge in [-0.1, -0.05) is 29.8 Å². The molecule has 1 aromatic rings. The van der Waals surface area contributed by atoms with Gasteiger partial charge in [-0.05, 0) is 25.3 Å². The first-order chi connectivity index (χ1) is 6.77. The van der Waals surface area contributed by atoms with Crippen LogP contribution in [0.1, 0.15) is 30.0 Å². The summed E-state index contributed by atoms with van der Waals surface area (Å²) in [4.78, 5) is 0. The molecule has 0 aliphatic carbocycles. The second-order valence-electron chi connectivity index (χ2n) is 3.46. The molecule has 1 aromatic carbocycles. The van der Waals surface area contributed by atoms with Gasteiger partial charge in [0, 0.05) is 11.9 Å². The Balaban J connectivity index is 2.68. The van der Waals surface area contributed by atoms with Crippen molar-refractivity contribution in [2.75, 3.05) is 5.88 Å². The Morgan fingerprint density at radius 3 is 2.86 bits per heavy atom. The Kier molecular flexibility index (Phi) is 4.94. The molecule has 78 valence electrons. The predicted molar refractivity (Wildman–Crippen MR) is 61.2 cm³/mol. The maximum Gasteiger partial charge on any atom is 0.0460 e. The molecule has 14 heavy (non-hydrogen) atoms. The molecule has 0 fully saturated rings. The lowest BCUT2D eigenvalue weighted by atomic mass is 10.0. The van der Waals surface area contributed by atoms with Crippen LogP contribution in [0.3, 0.4) is 0 Å². The summed E-state index contributed by atoms with van der Waals surface area (Å²) < 4.78 is 0. The highest BCUT2D eigenvalue weighted by atomic mass is 35.5. The number of benzene rings is 1. The van der Waals surface area contributed by atoms with E-state index in [0.717, 1.165) is 12.8 Å². The van der Waals surface area contributed by atoms with E-state index < -0.39 is 0 Å². The molecular weight excluding hydrogens is 196 g/mol. The van der Waals surface area contributed by atoms with E-state index in [-0.39, 0.29) is 6.04 Å². The molecule has 0 amide bonds. The van der Waals surface area contributed by atoms with Crippen LogP contribution in [0.2, 0.25) is 0 Å². The third-order valence-electron chi connectivity index (χ3n) is 2.27. The van der Waals surface area contributed by atoms with Crippen molar-refractivity contribution in [3.05, 3.63) is 35.4 Å². The fourth-order valence-corrected chi connectivity index (χ4v) is 1.67. The van der Waals surface area contributed by atoms with E-state index in [4.69, 9.17) is 17.4 Å². The van der Waals surface area contributed by atoms with Crippen LogP contribution >= 0.6 is 11.6 Å². The Bertz CT molecular complexity index is 276. The lowest BCUT2D eigenvalue weighted by Gasteiger charge is -2.15. The highest BCUT2D eigenvalue weighted by molar-refractivity contribution is 6.17. The average Bonchev–Trinajstić information content (AvgIpc) is 2.19. The molecule has 0 aliphatic rings. The summed E-state index contributed by atoms with van der Waals surface area (Å²) >= 11 is 5.65. The van der Waals surface area contributed by atoms with Gasteiger partial charge >= 0.3 is 0 Å². The first kappa shape index (κ1) is 11.5. The number of alkyl halides is 1. The van der Waals surface area contributed by atoms with Crippen molar-refractivity contribution in [3.63, 3.8) is 0 Å². The van der Waals surface area contributed by atoms with Gasteiger partial charge in [-0.2, -0.15) is 0 Å². The fraction of sp³-hybridized carbons (Fsp3) is 0.455. The van der Waals surface area contributed by atoms with Crippen LogP contribution in [-0.2, 0) is 0 Å². The van der Waals surface area contributed by atoms with Gasteiger partial charge in [-0.15, -0.1) is 11.6 Å². The molecule has 0 bridgehead atoms. The maximum atomic E-state index is 5.65. The van der Waals surface area contributed by atoms with Crippen molar-refractivity contribution >= 4 is 11.6 Å². The van der Waals surface area contributed by atoms with Crippen LogP contribution in [0.25, 0.3) is 0 Å². The second kappa shape index (κ2) is 6.02. The summed E-state index contributed by atoms with van der Waals surface area (Å²) in [6.07, 6.45) is 1.95. The van der Waals surface area contributed by atoms with Crippen molar-refractivity contribution in [3.8, 4) is 0 Å². The molecule has 0 radical (unpaired) electrons. The molecule has 0 saturated carbocycles. The van der Waals surface area contributed by atoms with Crippen molar-refractivity contribution < 1.29 is 0 Å². The summed E-state index contributed by atoms with van der Waals surface area (Å²) in [7, 11) is 0. The van der Waals surface area contributed by atoms with Gasteiger partial charge < -0.3 is 0 Å². The predicted octanol–water partition coefficient (Wildman–Crippen LogP) is 2.52. The van der Waals surface area contributed by atoms with E-state index in [1.165, 1.54) is 11.1 Å². The van der Waals surface area contributed by atoms with E-state index in [1.54, 1.807) is 0 Å². The number of nitrogens with one attached hydrogen (secondary N) is 1. The lowest BCUT2D eigenvalue weighted by Crippen LogP contribution is -2.28. The molecule has 3 heteroatoms. The van der Waals surface area contributed by atoms with E-state index in [0.29, 0.717) is 5.88 Å². The Hall–Kier alpha value is -0.570. The number of hydrogen-bond donors (Lipinski definition) is 2. The molecule has 2 nitrogen and oxygen atoms in total. The average molecular weight is 213 g/mol. The number of hydrazine groups is 1. The Morgan fingerprint density at radius 1 is 1.50 bits per heavy atom. The molecule has 3 N–H and O–H groups in total. The Morgan fingerprint density at radius 2 is 2.29 bits per heavy atom. The van der Waals surface area contributed by atoms with Crippen LogP contribution in [0.15, 0.2) is 24.3 Å². The van der Waals surface area contributed by atoms with Crippen LogP contribution in [0, 0.1) is 6.92 Å². The summed E-state index contributed by atoms with van der Waals surface area (Å²) in [5.74, 6) is 6.19. The smallest absolute Gasteiger partial charge is 0.0460 e. The third kappa shape index (κ3) is 3.29. The number of aryl methyl sites for hydroxylation is 1. The summed E-state index contributed by atoms with van der Waals surface area (Å²) in [5.41, 5.74) is 5.31. The highest BCUT2D eigenvalue weighted by Crippen LogP contribution is 2.18. The minimum Gasteiger partial charge on any atom is -0.271 e. The van der Waals surface area contributed by atoms with Gasteiger partial charge in [0.2, 0.25) is 0 Å². The quantitative estimate of drug-likeness (QED) is 0.447. The molecule has 1 unspecified atom stereocenters. The van der Waals surface area contributed by atoms with E-state index in [9.17, 15) is 0 Å². The first-order valence-corrected chi connectivity index (χ1v) is 5.40. The minimum atomic E-state index is 0.216. The standard InChI is InChI=1S/C11H17ClN2/c1-9-4-2-5-10(8-9)11(14-13)6-3-7-12/h2,4-5,8,11,14H,3,6-7,13H2,1H3. The monoisotopic (exact) mass is 212 g/mol. The van der Waals surface area contributed by atoms with Crippen LogP contribution < -0.4 is 11.3 Å². The number of halogens is 1. The molecule has 1 atom stereocenters. The zero-order chi connectivity index (χ0) is 10.4. The molecule has 1 rings (SSSR count). The fourth-order valence-electron chi connectivity index (χ4n) is 1.51. The molecule has 0 spiro atoms. The van der Waals surface area contributed by atoms with E-state index in [2.05, 4.69) is 36.6 Å². The van der Waals surface area contributed by atoms with E-state index >= 15 is 0 Å². The number of rotatable bonds is 5. The molecule has 0 aromatic heterocycles. The van der Waals surface area contributed by atoms with Gasteiger partial charge in [0.25, 0.3) is 0 Å². The third-order valence-corrected chi connectivity index (χ3v) is 2.54. The molecule has 0 heterocycles. The van der Waals surface area contributed by atoms with E-state index in [1.807, 2.05) is 0 Å². The van der Waals surface area contributed by atoms with Crippen molar-refractivity contribution in [2.24, 2.45) is 5.84 Å². The lowest BCUT2D eigenvalue weighted by molar-refractivity contribution is 0.511. The van der Waals surface area contributed by atoms with Crippen molar-refractivity contribution in [1.29, 1.82) is 0 Å². The SMILES string of the molecule is Cc1cccc(C(CCCCl)NN)c1. The molecule has 0 saturated heterocycles. The zero-order valence-corrected chi connectivity index (χ0v) is 9.22. The van der Waals surface area contributed by atoms with Gasteiger partial charge in [-0.25, -0.2) is 0 Å². The first-order valence-electron chi connectivity index (χ1n) is 4.86. The van der Waals surface area contributed by atoms with Gasteiger partial charge in [0.05, 0.1) is 0 Å². The van der Waals surface area contributed by atoms with Crippen LogP contribution in [0.5, 0.6) is 0 Å². The molecular formula is C11H17ClN2.